The molecule has 0 aliphatic rings. The van der Waals surface area contributed by atoms with Crippen molar-refractivity contribution in [2.24, 2.45) is 0 Å². The first kappa shape index (κ1) is 103. The van der Waals surface area contributed by atoms with Crippen LogP contribution in [0.15, 0.2) is 530 Å². The molecule has 36 heteroatoms. The number of H-pyrrole nitrogens is 6. The molecule has 22 heterocycles. The quantitative estimate of drug-likeness (QED) is 0.0821. The van der Waals surface area contributed by atoms with Gasteiger partial charge in [-0.1, -0.05) is 90.1 Å². The minimum Gasteiger partial charge on any atom is -0.473 e. The molecule has 0 unspecified atom stereocenters. The Morgan fingerprint density at radius 1 is 0.252 bits per heavy atom. The molecule has 26 aromatic rings. The van der Waals surface area contributed by atoms with E-state index in [1.165, 1.54) is 92.5 Å². The summed E-state index contributed by atoms with van der Waals surface area (Å²) in [5.41, 5.74) is 7.02. The summed E-state index contributed by atoms with van der Waals surface area (Å²) in [6.45, 7) is 0. The lowest BCUT2D eigenvalue weighted by Gasteiger charge is -1.90. The maximum atomic E-state index is 4.58. The maximum absolute atomic E-state index is 4.58. The Morgan fingerprint density at radius 3 is 1.14 bits per heavy atom. The molecule has 30 nitrogen and oxygen atoms in total. The third-order valence-electron chi connectivity index (χ3n) is 13.5. The van der Waals surface area contributed by atoms with Gasteiger partial charge in [-0.05, 0) is 189 Å². The molecule has 660 valence electrons. The number of aromatic nitrogens is 27. The second-order valence-corrected chi connectivity index (χ2v) is 27.7. The number of pyridine rings is 2. The van der Waals surface area contributed by atoms with Crippen LogP contribution < -0.4 is 0 Å². The van der Waals surface area contributed by atoms with Gasteiger partial charge in [-0.15, -0.1) is 45.3 Å². The van der Waals surface area contributed by atoms with Gasteiger partial charge in [0.2, 0.25) is 0 Å². The number of imidazole rings is 3. The fourth-order valence-electron chi connectivity index (χ4n) is 8.06. The van der Waals surface area contributed by atoms with Crippen molar-refractivity contribution in [1.29, 1.82) is 0 Å². The zero-order valence-corrected chi connectivity index (χ0v) is 75.0. The van der Waals surface area contributed by atoms with Crippen LogP contribution in [0.1, 0.15) is 0 Å². The molecular formula is C95H91N27O3S6. The number of thiazole rings is 1. The first-order valence-electron chi connectivity index (χ1n) is 38.7. The van der Waals surface area contributed by atoms with Crippen molar-refractivity contribution >= 4 is 121 Å². The van der Waals surface area contributed by atoms with Crippen molar-refractivity contribution in [3.63, 3.8) is 0 Å². The second kappa shape index (κ2) is 78.9. The fourth-order valence-corrected chi connectivity index (χ4v) is 11.8. The smallest absolute Gasteiger partial charge is 0.180 e. The zero-order valence-electron chi connectivity index (χ0n) is 70.1. The lowest BCUT2D eigenvalue weighted by Crippen LogP contribution is -1.78. The molecule has 0 bridgehead atoms. The largest absolute Gasteiger partial charge is 0.473 e. The Hall–Kier alpha value is -17.0. The fraction of sp³-hybridized carbons (Fsp3) is 0. The minimum atomic E-state index is 0.949. The van der Waals surface area contributed by atoms with Gasteiger partial charge in [-0.2, -0.15) is 16.4 Å². The zero-order chi connectivity index (χ0) is 91.3. The van der Waals surface area contributed by atoms with Gasteiger partial charge in [0.1, 0.15) is 44.2 Å². The number of furan rings is 1. The molecule has 0 aliphatic carbocycles. The molecule has 131 heavy (non-hydrogen) atoms. The van der Waals surface area contributed by atoms with E-state index in [-0.39, 0.29) is 0 Å². The number of fused-ring (bicyclic) bond motifs is 5. The van der Waals surface area contributed by atoms with Gasteiger partial charge in [-0.3, -0.25) is 40.0 Å². The van der Waals surface area contributed by atoms with Crippen molar-refractivity contribution in [3.05, 3.63) is 517 Å². The second-order valence-electron chi connectivity index (χ2n) is 22.6. The molecule has 0 saturated heterocycles. The van der Waals surface area contributed by atoms with Crippen molar-refractivity contribution in [2.75, 3.05) is 0 Å². The van der Waals surface area contributed by atoms with Gasteiger partial charge in [0, 0.05) is 185 Å². The Bertz CT molecular complexity index is 4960. The number of oxazole rings is 1. The van der Waals surface area contributed by atoms with Crippen LogP contribution in [0.2, 0.25) is 0 Å². The lowest BCUT2D eigenvalue weighted by molar-refractivity contribution is 0.420. The summed E-state index contributed by atoms with van der Waals surface area (Å²) in [7, 11) is 0. The molecule has 6 N–H and O–H groups in total. The van der Waals surface area contributed by atoms with Gasteiger partial charge >= 0.3 is 0 Å². The van der Waals surface area contributed by atoms with E-state index in [4.69, 9.17) is 0 Å². The molecule has 0 aliphatic heterocycles. The SMILES string of the molecule is c1c[nH]cn1.c1c[nH]cn1.c1cc2sccc2s1.c1cc[nH]c1.c1ccc2[nH]ccc2c1.c1ccc2[nH]cnc2c1.c1ccc2nccnc2c1.c1ccc2sccc2c1.c1ccncc1.c1ccncc1.c1ccoc1.c1ccsc1.c1cn[nH]c1.c1cnccn1.c1cncnc1.c1cncnc1.c1cnoc1.c1cnsc1.c1cocn1.c1cscn1.c1ncncn1. The topological polar surface area (TPSA) is 405 Å². The average molecular weight is 1850 g/mol. The molecule has 26 rings (SSSR count). The van der Waals surface area contributed by atoms with E-state index in [0.717, 1.165) is 22.1 Å². The number of hydrogen-bond acceptors (Lipinski definition) is 30. The van der Waals surface area contributed by atoms with Crippen LogP contribution in [-0.2, 0) is 0 Å². The molecule has 0 fully saturated rings. The summed E-state index contributed by atoms with van der Waals surface area (Å²) in [5.74, 6) is 0. The van der Waals surface area contributed by atoms with Crippen LogP contribution in [0.25, 0.3) is 52.5 Å². The third-order valence-corrected chi connectivity index (χ3v) is 18.0. The Kier molecular flexibility index (Phi) is 61.9. The predicted octanol–water partition coefficient (Wildman–Crippen LogP) is 23.6. The molecule has 0 amide bonds. The molecular weight excluding hydrogens is 1760 g/mol. The number of benzene rings is 4. The highest BCUT2D eigenvalue weighted by atomic mass is 32.1. The standard InChI is InChI=1S/C8H6N2.C8H7N.C8H6S.C7H6N2.C6H4S2.2C5H5N.3C4H4N2.C4H5N.C4H4O.C4H4S.C3H3N3.3C3H4N2.2C3H3NO.2C3H3NS/c1-2-4-8-7(3-1)9-5-6-10-8;2*1-2-4-8-7(3-1)5-6-9-8;1-2-4-7-6(3-1)8-5-9-7;1-3-7-6-2-4-8-5(1)6;2*1-2-4-6-5-3-1;1-2-6-4-3-5-1;2*1-2-5-4-6-3-1;3*1-2-4-5-3-1;1-4-2-6-3-5-1;2*1-2-5-3-4-1;1-2-4-5-3-1;1-2-5-3-4-1;1-2-4-5-3-1;1-2-5-3-4-1;1-2-4-5-3-1/h1-6H;1-6,9H;1-6H;1-5H,(H,8,9);1-4H;2*1-5H;3*1-4H;1-5H;2*1-4H;1-3H;3*1-3H,(H,4,5);4*1-3H. The van der Waals surface area contributed by atoms with Gasteiger partial charge in [0.25, 0.3) is 0 Å². The Balaban J connectivity index is 0.000000213. The summed E-state index contributed by atoms with van der Waals surface area (Å²) in [5, 5.41) is 26.5. The average Bonchev–Trinajstić information content (AvgIpc) is 1.80. The third kappa shape index (κ3) is 58.7. The van der Waals surface area contributed by atoms with E-state index >= 15 is 0 Å². The van der Waals surface area contributed by atoms with Crippen molar-refractivity contribution < 1.29 is 13.4 Å². The van der Waals surface area contributed by atoms with Crippen LogP contribution in [0.5, 0.6) is 0 Å². The number of aromatic amines is 6. The summed E-state index contributed by atoms with van der Waals surface area (Å²) < 4.78 is 21.3. The van der Waals surface area contributed by atoms with Crippen LogP contribution >= 0.6 is 68.2 Å². The molecule has 4 aromatic carbocycles. The van der Waals surface area contributed by atoms with E-state index in [1.807, 2.05) is 186 Å². The molecule has 22 aromatic heterocycles. The van der Waals surface area contributed by atoms with Gasteiger partial charge in [-0.25, -0.2) is 59.2 Å². The number of hydrogen-bond donors (Lipinski definition) is 6. The molecule has 0 atom stereocenters. The summed E-state index contributed by atoms with van der Waals surface area (Å²) in [4.78, 5) is 81.8. The highest BCUT2D eigenvalue weighted by Crippen LogP contribution is 2.25. The van der Waals surface area contributed by atoms with E-state index in [2.05, 4.69) is 225 Å². The minimum absolute atomic E-state index is 0.949. The monoisotopic (exact) mass is 1850 g/mol. The van der Waals surface area contributed by atoms with Crippen molar-refractivity contribution in [3.8, 4) is 0 Å². The van der Waals surface area contributed by atoms with Crippen LogP contribution in [-0.4, -0.2) is 134 Å². The molecule has 0 radical (unpaired) electrons. The first-order chi connectivity index (χ1) is 65.3. The van der Waals surface area contributed by atoms with E-state index in [1.54, 1.807) is 261 Å². The number of thiophene rings is 4. The molecule has 0 saturated carbocycles. The Labute approximate surface area is 779 Å². The van der Waals surface area contributed by atoms with Crippen molar-refractivity contribution in [1.82, 2.24) is 134 Å². The maximum Gasteiger partial charge on any atom is 0.180 e. The normalized spacial score (nSPS) is 8.76. The van der Waals surface area contributed by atoms with Crippen LogP contribution in [0, 0.1) is 0 Å². The van der Waals surface area contributed by atoms with Gasteiger partial charge in [0.15, 0.2) is 6.39 Å². The summed E-state index contributed by atoms with van der Waals surface area (Å²) >= 11 is 10.2. The number of para-hydroxylation sites is 5. The predicted molar refractivity (Wildman–Crippen MR) is 527 cm³/mol. The summed E-state index contributed by atoms with van der Waals surface area (Å²) in [6.07, 6.45) is 66.4. The van der Waals surface area contributed by atoms with E-state index in [0.29, 0.717) is 0 Å². The molecule has 0 spiro atoms. The van der Waals surface area contributed by atoms with Crippen LogP contribution in [0.3, 0.4) is 0 Å². The number of nitrogens with one attached hydrogen (secondary N) is 6. The van der Waals surface area contributed by atoms with Crippen molar-refractivity contribution in [2.45, 2.75) is 0 Å². The van der Waals surface area contributed by atoms with E-state index in [9.17, 15) is 0 Å². The van der Waals surface area contributed by atoms with Crippen LogP contribution in [0.4, 0.5) is 0 Å². The van der Waals surface area contributed by atoms with Gasteiger partial charge in [0.05, 0.1) is 71.5 Å². The first-order valence-corrected chi connectivity index (χ1v) is 44.1. The highest BCUT2D eigenvalue weighted by Gasteiger charge is 1.93. The van der Waals surface area contributed by atoms with E-state index < -0.39 is 0 Å². The Morgan fingerprint density at radius 2 is 0.809 bits per heavy atom. The van der Waals surface area contributed by atoms with Gasteiger partial charge < -0.3 is 38.3 Å². The summed E-state index contributed by atoms with van der Waals surface area (Å²) in [6, 6.07) is 72.9. The number of rotatable bonds is 0. The lowest BCUT2D eigenvalue weighted by atomic mass is 10.3. The number of nitrogens with zero attached hydrogens (tertiary/aromatic N) is 21. The highest BCUT2D eigenvalue weighted by molar-refractivity contribution is 7.25.